The molecule has 2 aliphatic rings. The van der Waals surface area contributed by atoms with Gasteiger partial charge in [0, 0.05) is 25.7 Å². The van der Waals surface area contributed by atoms with Crippen LogP contribution in [-0.2, 0) is 9.59 Å². The minimum absolute atomic E-state index is 0.0475. The van der Waals surface area contributed by atoms with Crippen molar-refractivity contribution in [1.82, 2.24) is 21.1 Å². The lowest BCUT2D eigenvalue weighted by molar-refractivity contribution is -0.130. The van der Waals surface area contributed by atoms with Crippen LogP contribution in [0.4, 0.5) is 0 Å². The van der Waals surface area contributed by atoms with E-state index in [-0.39, 0.29) is 36.4 Å². The molecule has 0 spiro atoms. The summed E-state index contributed by atoms with van der Waals surface area (Å²) in [5, 5.41) is 3.04. The van der Waals surface area contributed by atoms with Crippen LogP contribution in [0.5, 0.6) is 0 Å². The average Bonchev–Trinajstić information content (AvgIpc) is 2.92. The Morgan fingerprint density at radius 2 is 2.13 bits per heavy atom. The fourth-order valence-electron chi connectivity index (χ4n) is 3.14. The second-order valence-electron chi connectivity index (χ2n) is 6.08. The Labute approximate surface area is 135 Å². The van der Waals surface area contributed by atoms with Crippen LogP contribution in [-0.4, -0.2) is 35.3 Å². The normalized spacial score (nSPS) is 26.0. The lowest BCUT2D eigenvalue weighted by Crippen LogP contribution is -2.44. The van der Waals surface area contributed by atoms with Gasteiger partial charge in [-0.05, 0) is 24.1 Å². The van der Waals surface area contributed by atoms with E-state index in [0.717, 1.165) is 11.1 Å². The average molecular weight is 314 g/mol. The van der Waals surface area contributed by atoms with Crippen LogP contribution in [0.1, 0.15) is 37.4 Å². The van der Waals surface area contributed by atoms with Crippen LogP contribution >= 0.6 is 0 Å². The Morgan fingerprint density at radius 1 is 1.35 bits per heavy atom. The van der Waals surface area contributed by atoms with Gasteiger partial charge in [-0.3, -0.25) is 20.4 Å². The van der Waals surface area contributed by atoms with Gasteiger partial charge < -0.3 is 10.2 Å². The summed E-state index contributed by atoms with van der Waals surface area (Å²) in [6.45, 7) is 4.24. The molecule has 0 aromatic heterocycles. The molecule has 0 aliphatic carbocycles. The first-order valence-corrected chi connectivity index (χ1v) is 7.90. The topological polar surface area (TPSA) is 73.5 Å². The lowest BCUT2D eigenvalue weighted by atomic mass is 9.93. The molecule has 1 fully saturated rings. The summed E-state index contributed by atoms with van der Waals surface area (Å²) in [4.78, 5) is 26.0. The van der Waals surface area contributed by atoms with E-state index in [1.54, 1.807) is 11.1 Å². The molecule has 2 aliphatic heterocycles. The molecule has 6 nitrogen and oxygen atoms in total. The third-order valence-electron chi connectivity index (χ3n) is 4.45. The number of hydrogen-bond donors (Lipinski definition) is 3. The van der Waals surface area contributed by atoms with Crippen LogP contribution in [0.2, 0.25) is 0 Å². The van der Waals surface area contributed by atoms with E-state index in [0.29, 0.717) is 6.54 Å². The van der Waals surface area contributed by atoms with Gasteiger partial charge in [-0.1, -0.05) is 24.3 Å². The number of carbonyl (C=O) groups excluding carboxylic acids is 2. The summed E-state index contributed by atoms with van der Waals surface area (Å²) >= 11 is 0. The lowest BCUT2D eigenvalue weighted by Gasteiger charge is -2.32. The van der Waals surface area contributed by atoms with Gasteiger partial charge in [0.1, 0.15) is 0 Å². The highest BCUT2D eigenvalue weighted by Crippen LogP contribution is 2.32. The molecule has 6 heteroatoms. The molecular weight excluding hydrogens is 292 g/mol. The van der Waals surface area contributed by atoms with Crippen LogP contribution in [0.15, 0.2) is 30.5 Å². The van der Waals surface area contributed by atoms with Crippen molar-refractivity contribution in [3.05, 3.63) is 41.6 Å². The zero-order chi connectivity index (χ0) is 16.4. The molecule has 3 atom stereocenters. The molecular formula is C17H22N4O2. The summed E-state index contributed by atoms with van der Waals surface area (Å²) in [5.41, 5.74) is 8.18. The van der Waals surface area contributed by atoms with Gasteiger partial charge >= 0.3 is 0 Å². The number of fused-ring (bicyclic) bond motifs is 1. The summed E-state index contributed by atoms with van der Waals surface area (Å²) in [6, 6.07) is 7.86. The first-order chi connectivity index (χ1) is 11.1. The highest BCUT2D eigenvalue weighted by molar-refractivity contribution is 5.82. The molecule has 0 saturated carbocycles. The molecule has 1 aromatic rings. The van der Waals surface area contributed by atoms with Crippen molar-refractivity contribution in [1.29, 1.82) is 0 Å². The first kappa shape index (κ1) is 15.7. The predicted octanol–water partition coefficient (Wildman–Crippen LogP) is 0.932. The monoisotopic (exact) mass is 314 g/mol. The van der Waals surface area contributed by atoms with Gasteiger partial charge in [-0.15, -0.1) is 0 Å². The maximum atomic E-state index is 12.5. The van der Waals surface area contributed by atoms with Gasteiger partial charge in [0.2, 0.25) is 11.8 Å². The predicted molar refractivity (Wildman–Crippen MR) is 87.9 cm³/mol. The molecule has 122 valence electrons. The highest BCUT2D eigenvalue weighted by atomic mass is 16.2. The number of rotatable bonds is 3. The maximum Gasteiger partial charge on any atom is 0.223 e. The summed E-state index contributed by atoms with van der Waals surface area (Å²) < 4.78 is 0. The Hall–Kier alpha value is -2.18. The summed E-state index contributed by atoms with van der Waals surface area (Å²) in [5.74, 6) is -0.111. The van der Waals surface area contributed by atoms with Crippen LogP contribution < -0.4 is 16.2 Å². The van der Waals surface area contributed by atoms with E-state index < -0.39 is 0 Å². The molecule has 23 heavy (non-hydrogen) atoms. The molecule has 2 amide bonds. The minimum atomic E-state index is -0.258. The van der Waals surface area contributed by atoms with Crippen LogP contribution in [0, 0.1) is 0 Å². The second-order valence-corrected chi connectivity index (χ2v) is 6.08. The zero-order valence-electron chi connectivity index (χ0n) is 13.4. The van der Waals surface area contributed by atoms with Crippen molar-refractivity contribution in [2.75, 3.05) is 6.54 Å². The summed E-state index contributed by atoms with van der Waals surface area (Å²) in [7, 11) is 0. The third kappa shape index (κ3) is 3.28. The van der Waals surface area contributed by atoms with Gasteiger partial charge in [-0.25, -0.2) is 0 Å². The number of nitrogens with zero attached hydrogens (tertiary/aromatic N) is 1. The van der Waals surface area contributed by atoms with E-state index in [1.165, 1.54) is 6.92 Å². The van der Waals surface area contributed by atoms with Gasteiger partial charge in [0.15, 0.2) is 0 Å². The molecule has 1 saturated heterocycles. The Kier molecular flexibility index (Phi) is 4.45. The van der Waals surface area contributed by atoms with Crippen LogP contribution in [0.25, 0.3) is 6.08 Å². The number of hydrogen-bond acceptors (Lipinski definition) is 4. The van der Waals surface area contributed by atoms with E-state index in [1.807, 2.05) is 37.3 Å². The molecule has 3 N–H and O–H groups in total. The second kappa shape index (κ2) is 6.52. The molecule has 3 rings (SSSR count). The number of carbonyl (C=O) groups is 2. The number of amides is 2. The fraction of sp³-hybridized carbons (Fsp3) is 0.412. The van der Waals surface area contributed by atoms with E-state index in [4.69, 9.17) is 0 Å². The number of benzene rings is 1. The van der Waals surface area contributed by atoms with Gasteiger partial charge in [0.25, 0.3) is 0 Å². The van der Waals surface area contributed by atoms with Crippen molar-refractivity contribution in [2.45, 2.75) is 38.4 Å². The van der Waals surface area contributed by atoms with Gasteiger partial charge in [0.05, 0.1) is 18.5 Å². The van der Waals surface area contributed by atoms with Crippen molar-refractivity contribution < 1.29 is 9.59 Å². The van der Waals surface area contributed by atoms with E-state index in [2.05, 4.69) is 16.2 Å². The zero-order valence-corrected chi connectivity index (χ0v) is 13.4. The fourth-order valence-corrected chi connectivity index (χ4v) is 3.14. The van der Waals surface area contributed by atoms with Crippen molar-refractivity contribution in [3.8, 4) is 0 Å². The number of nitrogens with one attached hydrogen (secondary N) is 3. The maximum absolute atomic E-state index is 12.5. The Balaban J connectivity index is 1.76. The van der Waals surface area contributed by atoms with E-state index >= 15 is 0 Å². The van der Waals surface area contributed by atoms with Crippen molar-refractivity contribution in [3.63, 3.8) is 0 Å². The SMILES string of the molecule is CC(=O)N1C=Cc2ccccc2C1CC(=O)NC1CNNC1C. The largest absolute Gasteiger partial charge is 0.350 e. The smallest absolute Gasteiger partial charge is 0.223 e. The highest BCUT2D eigenvalue weighted by Gasteiger charge is 2.30. The summed E-state index contributed by atoms with van der Waals surface area (Å²) in [6.07, 6.45) is 3.94. The number of hydrazine groups is 1. The molecule has 0 radical (unpaired) electrons. The van der Waals surface area contributed by atoms with Crippen molar-refractivity contribution in [2.24, 2.45) is 0 Å². The molecule has 0 bridgehead atoms. The van der Waals surface area contributed by atoms with E-state index in [9.17, 15) is 9.59 Å². The molecule has 3 unspecified atom stereocenters. The Morgan fingerprint density at radius 3 is 2.83 bits per heavy atom. The quantitative estimate of drug-likeness (QED) is 0.776. The Bertz CT molecular complexity index is 643. The first-order valence-electron chi connectivity index (χ1n) is 7.90. The van der Waals surface area contributed by atoms with Crippen molar-refractivity contribution >= 4 is 17.9 Å². The molecule has 1 aromatic carbocycles. The van der Waals surface area contributed by atoms with Crippen LogP contribution in [0.3, 0.4) is 0 Å². The molecule has 2 heterocycles. The van der Waals surface area contributed by atoms with Gasteiger partial charge in [-0.2, -0.15) is 0 Å². The standard InChI is InChI=1S/C17H22N4O2/c1-11-15(10-18-20-11)19-17(23)9-16-14-6-4-3-5-13(14)7-8-21(16)12(2)22/h3-8,11,15-16,18,20H,9-10H2,1-2H3,(H,19,23). The minimum Gasteiger partial charge on any atom is -0.350 e. The third-order valence-corrected chi connectivity index (χ3v) is 4.45.